The van der Waals surface area contributed by atoms with Crippen LogP contribution in [0.2, 0.25) is 0 Å². The molecule has 0 fully saturated rings. The molecule has 0 atom stereocenters. The number of aromatic nitrogens is 2. The van der Waals surface area contributed by atoms with E-state index in [1.807, 2.05) is 0 Å². The van der Waals surface area contributed by atoms with E-state index in [9.17, 15) is 14.0 Å². The Morgan fingerprint density at radius 2 is 1.76 bits per heavy atom. The number of nitrogens with zero attached hydrogens (tertiary/aromatic N) is 1. The Balaban J connectivity index is 1.92. The van der Waals surface area contributed by atoms with Crippen molar-refractivity contribution >= 4 is 11.6 Å². The number of amides is 1. The summed E-state index contributed by atoms with van der Waals surface area (Å²) in [5, 5.41) is 5.48. The molecule has 0 radical (unpaired) electrons. The largest absolute Gasteiger partial charge is 0.497 e. The summed E-state index contributed by atoms with van der Waals surface area (Å²) < 4.78 is 19.3. The van der Waals surface area contributed by atoms with Crippen molar-refractivity contribution in [2.24, 2.45) is 0 Å². The van der Waals surface area contributed by atoms with Crippen LogP contribution in [-0.2, 0) is 0 Å². The average molecular weight is 341 g/mol. The Morgan fingerprint density at radius 1 is 1.12 bits per heavy atom. The monoisotopic (exact) mass is 341 g/mol. The molecule has 0 unspecified atom stereocenters. The van der Waals surface area contributed by atoms with Crippen molar-refractivity contribution in [3.05, 3.63) is 76.0 Å². The number of hydrogen-bond acceptors (Lipinski definition) is 3. The second kappa shape index (κ2) is 6.64. The highest BCUT2D eigenvalue weighted by Gasteiger charge is 2.19. The molecule has 2 N–H and O–H groups in total. The van der Waals surface area contributed by atoms with Gasteiger partial charge in [0, 0.05) is 11.4 Å². The molecule has 0 saturated carbocycles. The molecule has 0 aliphatic carbocycles. The third-order valence-corrected chi connectivity index (χ3v) is 3.73. The zero-order valence-electron chi connectivity index (χ0n) is 13.7. The predicted octanol–water partition coefficient (Wildman–Crippen LogP) is 2.87. The number of aromatic amines is 1. The van der Waals surface area contributed by atoms with E-state index in [0.717, 1.165) is 0 Å². The molecule has 0 spiro atoms. The van der Waals surface area contributed by atoms with Gasteiger partial charge in [0.2, 0.25) is 0 Å². The van der Waals surface area contributed by atoms with Gasteiger partial charge in [0.15, 0.2) is 0 Å². The minimum absolute atomic E-state index is 0.000132. The van der Waals surface area contributed by atoms with Gasteiger partial charge >= 0.3 is 0 Å². The van der Waals surface area contributed by atoms with Crippen LogP contribution in [0.3, 0.4) is 0 Å². The van der Waals surface area contributed by atoms with Crippen LogP contribution in [0, 0.1) is 12.7 Å². The molecule has 3 rings (SSSR count). The molecule has 6 nitrogen and oxygen atoms in total. The zero-order valence-corrected chi connectivity index (χ0v) is 13.7. The molecule has 2 aromatic carbocycles. The van der Waals surface area contributed by atoms with E-state index >= 15 is 0 Å². The predicted molar refractivity (Wildman–Crippen MR) is 92.0 cm³/mol. The number of halogens is 1. The first-order valence-electron chi connectivity index (χ1n) is 7.52. The third kappa shape index (κ3) is 3.30. The Morgan fingerprint density at radius 3 is 2.36 bits per heavy atom. The number of aryl methyl sites for hydroxylation is 1. The van der Waals surface area contributed by atoms with Crippen molar-refractivity contribution in [1.82, 2.24) is 9.78 Å². The Kier molecular flexibility index (Phi) is 4.38. The lowest BCUT2D eigenvalue weighted by Gasteiger charge is -2.04. The lowest BCUT2D eigenvalue weighted by atomic mass is 10.2. The molecular formula is C18H16FN3O3. The molecule has 7 heteroatoms. The van der Waals surface area contributed by atoms with Gasteiger partial charge in [0.1, 0.15) is 17.1 Å². The maximum atomic E-state index is 12.9. The first-order chi connectivity index (χ1) is 12.0. The smallest absolute Gasteiger partial charge is 0.284 e. The molecule has 1 aromatic heterocycles. The van der Waals surface area contributed by atoms with E-state index in [4.69, 9.17) is 4.74 Å². The second-order valence-electron chi connectivity index (χ2n) is 5.41. The molecule has 25 heavy (non-hydrogen) atoms. The number of carbonyl (C=O) groups excluding carboxylic acids is 1. The lowest BCUT2D eigenvalue weighted by molar-refractivity contribution is 0.102. The minimum Gasteiger partial charge on any atom is -0.497 e. The van der Waals surface area contributed by atoms with Crippen molar-refractivity contribution in [2.45, 2.75) is 6.92 Å². The number of carbonyl (C=O) groups is 1. The maximum absolute atomic E-state index is 12.9. The number of benzene rings is 2. The molecule has 3 aromatic rings. The highest BCUT2D eigenvalue weighted by atomic mass is 19.1. The van der Waals surface area contributed by atoms with Gasteiger partial charge < -0.3 is 10.1 Å². The highest BCUT2D eigenvalue weighted by molar-refractivity contribution is 6.04. The van der Waals surface area contributed by atoms with Crippen LogP contribution in [0.15, 0.2) is 53.3 Å². The fourth-order valence-electron chi connectivity index (χ4n) is 2.45. The van der Waals surface area contributed by atoms with Gasteiger partial charge in [-0.1, -0.05) is 0 Å². The van der Waals surface area contributed by atoms with Gasteiger partial charge in [-0.2, -0.15) is 0 Å². The maximum Gasteiger partial charge on any atom is 0.284 e. The van der Waals surface area contributed by atoms with Gasteiger partial charge in [-0.3, -0.25) is 14.7 Å². The van der Waals surface area contributed by atoms with E-state index in [0.29, 0.717) is 22.8 Å². The molecule has 0 aliphatic heterocycles. The van der Waals surface area contributed by atoms with Crippen molar-refractivity contribution in [2.75, 3.05) is 12.4 Å². The molecule has 128 valence electrons. The quantitative estimate of drug-likeness (QED) is 0.766. The van der Waals surface area contributed by atoms with Gasteiger partial charge in [-0.25, -0.2) is 9.07 Å². The summed E-state index contributed by atoms with van der Waals surface area (Å²) >= 11 is 0. The molecule has 0 bridgehead atoms. The van der Waals surface area contributed by atoms with Gasteiger partial charge in [0.25, 0.3) is 11.5 Å². The van der Waals surface area contributed by atoms with Crippen LogP contribution in [0.4, 0.5) is 10.1 Å². The third-order valence-electron chi connectivity index (χ3n) is 3.73. The van der Waals surface area contributed by atoms with Crippen molar-refractivity contribution in [1.29, 1.82) is 0 Å². The van der Waals surface area contributed by atoms with Crippen LogP contribution in [0.25, 0.3) is 5.69 Å². The van der Waals surface area contributed by atoms with Crippen molar-refractivity contribution in [3.63, 3.8) is 0 Å². The zero-order chi connectivity index (χ0) is 18.0. The summed E-state index contributed by atoms with van der Waals surface area (Å²) in [5.41, 5.74) is 0.944. The lowest BCUT2D eigenvalue weighted by Crippen LogP contribution is -2.24. The highest BCUT2D eigenvalue weighted by Crippen LogP contribution is 2.15. The number of methoxy groups -OCH3 is 1. The van der Waals surface area contributed by atoms with E-state index in [1.54, 1.807) is 38.3 Å². The normalized spacial score (nSPS) is 10.5. The van der Waals surface area contributed by atoms with Crippen LogP contribution < -0.4 is 15.6 Å². The number of hydrogen-bond donors (Lipinski definition) is 2. The van der Waals surface area contributed by atoms with Crippen LogP contribution in [0.1, 0.15) is 16.1 Å². The van der Waals surface area contributed by atoms with Gasteiger partial charge in [-0.05, 0) is 55.5 Å². The Bertz CT molecular complexity index is 957. The number of nitrogens with one attached hydrogen (secondary N) is 2. The van der Waals surface area contributed by atoms with Crippen LogP contribution >= 0.6 is 0 Å². The Hall–Kier alpha value is -3.35. The fraction of sp³-hybridized carbons (Fsp3) is 0.111. The summed E-state index contributed by atoms with van der Waals surface area (Å²) in [6.07, 6.45) is 0. The summed E-state index contributed by atoms with van der Waals surface area (Å²) in [7, 11) is 1.55. The number of H-pyrrole nitrogens is 1. The standard InChI is InChI=1S/C18H16FN3O3/c1-11-16(17(23)20-13-5-3-12(19)4-6-13)18(24)22(21-11)14-7-9-15(25-2)10-8-14/h3-10,21H,1-2H3,(H,20,23). The summed E-state index contributed by atoms with van der Waals surface area (Å²) in [6.45, 7) is 1.64. The first kappa shape index (κ1) is 16.5. The fourth-order valence-corrected chi connectivity index (χ4v) is 2.45. The summed E-state index contributed by atoms with van der Waals surface area (Å²) in [5.74, 6) is -0.301. The van der Waals surface area contributed by atoms with Crippen molar-refractivity contribution < 1.29 is 13.9 Å². The second-order valence-corrected chi connectivity index (χ2v) is 5.41. The molecular weight excluding hydrogens is 325 g/mol. The summed E-state index contributed by atoms with van der Waals surface area (Å²) in [6, 6.07) is 12.2. The van der Waals surface area contributed by atoms with E-state index < -0.39 is 17.3 Å². The van der Waals surface area contributed by atoms with Crippen LogP contribution in [0.5, 0.6) is 5.75 Å². The molecule has 0 aliphatic rings. The van der Waals surface area contributed by atoms with E-state index in [2.05, 4.69) is 10.4 Å². The molecule has 1 amide bonds. The Labute approximate surface area is 142 Å². The average Bonchev–Trinajstić information content (AvgIpc) is 2.91. The summed E-state index contributed by atoms with van der Waals surface area (Å²) in [4.78, 5) is 25.0. The SMILES string of the molecule is COc1ccc(-n2[nH]c(C)c(C(=O)Nc3ccc(F)cc3)c2=O)cc1. The number of rotatable bonds is 4. The number of ether oxygens (including phenoxy) is 1. The minimum atomic E-state index is -0.558. The van der Waals surface area contributed by atoms with Gasteiger partial charge in [0.05, 0.1) is 12.8 Å². The van der Waals surface area contributed by atoms with Gasteiger partial charge in [-0.15, -0.1) is 0 Å². The molecule has 0 saturated heterocycles. The van der Waals surface area contributed by atoms with E-state index in [-0.39, 0.29) is 5.56 Å². The molecule has 1 heterocycles. The van der Waals surface area contributed by atoms with E-state index in [1.165, 1.54) is 28.9 Å². The van der Waals surface area contributed by atoms with Crippen molar-refractivity contribution in [3.8, 4) is 11.4 Å². The van der Waals surface area contributed by atoms with Crippen LogP contribution in [-0.4, -0.2) is 22.8 Å². The number of anilines is 1. The topological polar surface area (TPSA) is 76.1 Å². The first-order valence-corrected chi connectivity index (χ1v) is 7.52.